The van der Waals surface area contributed by atoms with Gasteiger partial charge in [-0.3, -0.25) is 19.5 Å². The molecule has 2 amide bonds. The van der Waals surface area contributed by atoms with E-state index in [4.69, 9.17) is 24.2 Å². The van der Waals surface area contributed by atoms with Crippen molar-refractivity contribution < 1.29 is 28.3 Å². The number of aryl methyl sites for hydroxylation is 2. The molecule has 81 heavy (non-hydrogen) atoms. The predicted molar refractivity (Wildman–Crippen MR) is 317 cm³/mol. The molecule has 428 valence electrons. The number of fused-ring (bicyclic) bond motifs is 4. The Morgan fingerprint density at radius 1 is 0.926 bits per heavy atom. The van der Waals surface area contributed by atoms with Crippen LogP contribution in [0.1, 0.15) is 121 Å². The molecule has 0 spiro atoms. The SMILES string of the molecule is CCc1cccc2cc(O)cc(-c3ncc4c(N5CC6CCC(C5)N6)nc(OCCN5CCC(CCC6CN(c7cc(C(C)C(C)C)on7)C6)CC5)nc4c3F)c12.Cc1ncsc1-c1ccc(C(C)NC(=O)C2CCCN2C=O)cc1. The standard InChI is InChI=1S/C45H57FN8O3.C18H21N3O2S/c1-5-31-7-6-8-32-19-35(55)20-36(40(31)32)42-41(46)43-37(22-47-42)44(54-25-33-11-12-34(26-54)48-33)50-45(49-43)56-18-17-52-15-13-29(14-16-52)9-10-30-23-53(24-30)39-21-38(57-51-39)28(4)27(2)3;1-12(20-18(23)16-4-3-9-21(16)11-22)14-5-7-15(8-6-14)17-13(2)19-10-24-17/h6-8,19-22,27-30,33-34,48,55H,5,9-18,23-26H2,1-4H3;5-8,10-12,16H,3-4,9H2,1-2H3,(H,20,23). The van der Waals surface area contributed by atoms with E-state index >= 15 is 4.39 Å². The maximum atomic E-state index is 16.9. The van der Waals surface area contributed by atoms with Crippen LogP contribution >= 0.6 is 11.3 Å². The molecule has 7 aromatic rings. The minimum atomic E-state index is -0.530. The quantitative estimate of drug-likeness (QED) is 0.0691. The number of nitrogens with one attached hydrogen (secondary N) is 2. The molecule has 5 fully saturated rings. The van der Waals surface area contributed by atoms with Gasteiger partial charge in [-0.2, -0.15) is 9.97 Å². The molecule has 5 saturated heterocycles. The van der Waals surface area contributed by atoms with Gasteiger partial charge < -0.3 is 39.7 Å². The lowest BCUT2D eigenvalue weighted by molar-refractivity contribution is -0.131. The molecule has 5 atom stereocenters. The van der Waals surface area contributed by atoms with E-state index in [-0.39, 0.29) is 41.0 Å². The molecule has 5 aliphatic rings. The Morgan fingerprint density at radius 3 is 2.41 bits per heavy atom. The molecule has 4 aromatic heterocycles. The first-order chi connectivity index (χ1) is 39.3. The fraction of sp³-hybridized carbons (Fsp3) is 0.508. The summed E-state index contributed by atoms with van der Waals surface area (Å²) in [4.78, 5) is 51.8. The first kappa shape index (κ1) is 56.1. The van der Waals surface area contributed by atoms with Crippen LogP contribution in [-0.2, 0) is 16.0 Å². The van der Waals surface area contributed by atoms with Gasteiger partial charge in [0.05, 0.1) is 27.5 Å². The van der Waals surface area contributed by atoms with E-state index in [1.54, 1.807) is 34.6 Å². The van der Waals surface area contributed by atoms with Crippen LogP contribution < -0.4 is 25.2 Å². The van der Waals surface area contributed by atoms with Crippen LogP contribution in [-0.4, -0.2) is 129 Å². The van der Waals surface area contributed by atoms with Crippen molar-refractivity contribution in [3.63, 3.8) is 0 Å². The van der Waals surface area contributed by atoms with Gasteiger partial charge in [0.2, 0.25) is 12.3 Å². The highest BCUT2D eigenvalue weighted by Crippen LogP contribution is 2.40. The highest BCUT2D eigenvalue weighted by Gasteiger charge is 2.36. The summed E-state index contributed by atoms with van der Waals surface area (Å²) in [6.45, 7) is 20.4. The minimum Gasteiger partial charge on any atom is -0.508 e. The Labute approximate surface area is 478 Å². The van der Waals surface area contributed by atoms with Crippen molar-refractivity contribution in [1.82, 2.24) is 45.5 Å². The largest absolute Gasteiger partial charge is 0.508 e. The van der Waals surface area contributed by atoms with Gasteiger partial charge in [0.25, 0.3) is 0 Å². The number of ether oxygens (including phenoxy) is 1. The lowest BCUT2D eigenvalue weighted by Gasteiger charge is -2.40. The molecule has 3 N–H and O–H groups in total. The van der Waals surface area contributed by atoms with Crippen molar-refractivity contribution in [2.75, 3.05) is 68.8 Å². The molecular formula is C63H78FN11O5S. The number of piperazine rings is 1. The molecule has 3 aromatic carbocycles. The number of benzene rings is 3. The van der Waals surface area contributed by atoms with Gasteiger partial charge in [0, 0.05) is 75.1 Å². The van der Waals surface area contributed by atoms with E-state index in [2.05, 4.69) is 81.4 Å². The summed E-state index contributed by atoms with van der Waals surface area (Å²) in [7, 11) is 0. The second-order valence-electron chi connectivity index (χ2n) is 23.6. The minimum absolute atomic E-state index is 0.0684. The number of phenolic OH excluding ortho intramolecular Hbond substituents is 1. The fourth-order valence-electron chi connectivity index (χ4n) is 12.7. The summed E-state index contributed by atoms with van der Waals surface area (Å²) in [5.74, 6) is 4.51. The van der Waals surface area contributed by atoms with Gasteiger partial charge in [0.15, 0.2) is 11.6 Å². The number of phenols is 1. The van der Waals surface area contributed by atoms with Gasteiger partial charge in [-0.1, -0.05) is 75.3 Å². The zero-order valence-corrected chi connectivity index (χ0v) is 48.6. The number of nitrogens with zero attached hydrogens (tertiary/aromatic N) is 9. The van der Waals surface area contributed by atoms with E-state index in [9.17, 15) is 14.7 Å². The number of likely N-dealkylation sites (tertiary alicyclic amines) is 2. The first-order valence-corrected chi connectivity index (χ1v) is 30.4. The number of carbonyl (C=O) groups excluding carboxylic acids is 2. The van der Waals surface area contributed by atoms with E-state index in [1.165, 1.54) is 30.6 Å². The van der Waals surface area contributed by atoms with Crippen LogP contribution in [0.2, 0.25) is 0 Å². The number of pyridine rings is 1. The fourth-order valence-corrected chi connectivity index (χ4v) is 13.5. The molecule has 16 nitrogen and oxygen atoms in total. The highest BCUT2D eigenvalue weighted by molar-refractivity contribution is 7.13. The number of anilines is 2. The molecular weight excluding hydrogens is 1040 g/mol. The number of rotatable bonds is 18. The summed E-state index contributed by atoms with van der Waals surface area (Å²) in [6.07, 6.45) is 12.0. The van der Waals surface area contributed by atoms with Crippen molar-refractivity contribution >= 4 is 57.0 Å². The van der Waals surface area contributed by atoms with E-state index in [0.717, 1.165) is 141 Å². The van der Waals surface area contributed by atoms with E-state index < -0.39 is 5.82 Å². The van der Waals surface area contributed by atoms with Crippen LogP contribution in [0.5, 0.6) is 11.8 Å². The third kappa shape index (κ3) is 12.4. The van der Waals surface area contributed by atoms with Crippen LogP contribution in [0.3, 0.4) is 0 Å². The number of aromatic hydroxyl groups is 1. The van der Waals surface area contributed by atoms with Crippen LogP contribution in [0.25, 0.3) is 43.4 Å². The van der Waals surface area contributed by atoms with Gasteiger partial charge in [-0.15, -0.1) is 11.3 Å². The smallest absolute Gasteiger partial charge is 0.319 e. The monoisotopic (exact) mass is 1120 g/mol. The summed E-state index contributed by atoms with van der Waals surface area (Å²) in [6, 6.07) is 20.1. The molecule has 2 bridgehead atoms. The molecule has 0 saturated carbocycles. The summed E-state index contributed by atoms with van der Waals surface area (Å²) in [5, 5.41) is 24.1. The van der Waals surface area contributed by atoms with E-state index in [0.29, 0.717) is 53.8 Å². The summed E-state index contributed by atoms with van der Waals surface area (Å²) < 4.78 is 28.9. The van der Waals surface area contributed by atoms with Crippen molar-refractivity contribution in [3.05, 3.63) is 101 Å². The van der Waals surface area contributed by atoms with Crippen LogP contribution in [0, 0.1) is 30.5 Å². The van der Waals surface area contributed by atoms with Gasteiger partial charge in [0.1, 0.15) is 41.2 Å². The number of aromatic nitrogens is 5. The number of hydrogen-bond donors (Lipinski definition) is 3. The van der Waals surface area contributed by atoms with Crippen LogP contribution in [0.4, 0.5) is 16.0 Å². The average molecular weight is 1120 g/mol. The number of hydrogen-bond acceptors (Lipinski definition) is 15. The topological polar surface area (TPSA) is 178 Å². The number of amides is 2. The number of piperidine rings is 1. The van der Waals surface area contributed by atoms with E-state index in [1.807, 2.05) is 49.7 Å². The van der Waals surface area contributed by atoms with Crippen molar-refractivity contribution in [1.29, 1.82) is 0 Å². The Hall–Kier alpha value is -6.76. The molecule has 5 aliphatic heterocycles. The zero-order chi connectivity index (χ0) is 56.3. The van der Waals surface area contributed by atoms with Gasteiger partial charge in [-0.05, 0) is 142 Å². The number of thiazole rings is 1. The molecule has 0 radical (unpaired) electrons. The average Bonchev–Trinajstić information content (AvgIpc) is 4.37. The van der Waals surface area contributed by atoms with Crippen molar-refractivity contribution in [2.45, 2.75) is 129 Å². The zero-order valence-electron chi connectivity index (χ0n) is 47.7. The van der Waals surface area contributed by atoms with Crippen molar-refractivity contribution in [3.8, 4) is 33.5 Å². The Kier molecular flexibility index (Phi) is 17.2. The molecule has 12 rings (SSSR count). The highest BCUT2D eigenvalue weighted by atomic mass is 32.1. The normalized spacial score (nSPS) is 20.4. The maximum Gasteiger partial charge on any atom is 0.319 e. The van der Waals surface area contributed by atoms with Crippen LogP contribution in [0.15, 0.2) is 76.9 Å². The number of halogens is 1. The summed E-state index contributed by atoms with van der Waals surface area (Å²) >= 11 is 1.63. The first-order valence-electron chi connectivity index (χ1n) is 29.5. The molecule has 18 heteroatoms. The van der Waals surface area contributed by atoms with Gasteiger partial charge in [-0.25, -0.2) is 9.37 Å². The van der Waals surface area contributed by atoms with Crippen molar-refractivity contribution in [2.24, 2.45) is 17.8 Å². The second-order valence-corrected chi connectivity index (χ2v) is 24.5. The van der Waals surface area contributed by atoms with Gasteiger partial charge >= 0.3 is 6.01 Å². The Bertz CT molecular complexity index is 3310. The third-order valence-electron chi connectivity index (χ3n) is 17.9. The summed E-state index contributed by atoms with van der Waals surface area (Å²) in [5.41, 5.74) is 7.04. The third-order valence-corrected chi connectivity index (χ3v) is 18.9. The lowest BCUT2D eigenvalue weighted by atomic mass is 9.86. The molecule has 0 aliphatic carbocycles. The predicted octanol–water partition coefficient (Wildman–Crippen LogP) is 10.9. The molecule has 5 unspecified atom stereocenters. The Morgan fingerprint density at radius 2 is 1.69 bits per heavy atom. The number of carbonyl (C=O) groups is 2. The maximum absolute atomic E-state index is 16.9. The molecule has 9 heterocycles. The second kappa shape index (κ2) is 24.8. The lowest BCUT2D eigenvalue weighted by Crippen LogP contribution is -2.51. The Balaban J connectivity index is 0.000000240.